The molecule has 0 aliphatic carbocycles. The number of hydrogen-bond acceptors (Lipinski definition) is 6. The maximum Gasteiger partial charge on any atom is 0.315 e. The maximum atomic E-state index is 11.8. The number of pyridine rings is 1. The van der Waals surface area contributed by atoms with Gasteiger partial charge in [0.25, 0.3) is 5.91 Å². The third-order valence-electron chi connectivity index (χ3n) is 4.07. The molecule has 26 heavy (non-hydrogen) atoms. The second kappa shape index (κ2) is 6.14. The number of ether oxygens (including phenoxy) is 1. The fourth-order valence-corrected chi connectivity index (χ4v) is 2.83. The van der Waals surface area contributed by atoms with Gasteiger partial charge in [-0.1, -0.05) is 18.2 Å². The van der Waals surface area contributed by atoms with Crippen LogP contribution in [-0.4, -0.2) is 33.4 Å². The molecule has 3 heterocycles. The number of benzene rings is 1. The first-order valence-electron chi connectivity index (χ1n) is 8.29. The molecule has 8 nitrogen and oxygen atoms in total. The van der Waals surface area contributed by atoms with Crippen molar-refractivity contribution in [2.24, 2.45) is 0 Å². The monoisotopic (exact) mass is 351 g/mol. The van der Waals surface area contributed by atoms with E-state index in [0.29, 0.717) is 0 Å². The van der Waals surface area contributed by atoms with Crippen molar-refractivity contribution in [1.29, 1.82) is 0 Å². The second-order valence-corrected chi connectivity index (χ2v) is 5.95. The molecule has 4 rings (SSSR count). The van der Waals surface area contributed by atoms with Crippen LogP contribution in [0.15, 0.2) is 36.4 Å². The van der Waals surface area contributed by atoms with Gasteiger partial charge in [-0.05, 0) is 31.5 Å². The molecule has 0 saturated heterocycles. The van der Waals surface area contributed by atoms with Gasteiger partial charge in [-0.2, -0.15) is 0 Å². The number of esters is 1. The van der Waals surface area contributed by atoms with Crippen LogP contribution in [0, 0.1) is 6.92 Å². The number of anilines is 1. The normalized spacial score (nSPS) is 12.0. The van der Waals surface area contributed by atoms with Gasteiger partial charge in [0.15, 0.2) is 5.82 Å². The highest BCUT2D eigenvalue weighted by atomic mass is 16.5. The average Bonchev–Trinajstić information content (AvgIpc) is 3.04. The zero-order valence-corrected chi connectivity index (χ0v) is 14.4. The summed E-state index contributed by atoms with van der Waals surface area (Å²) in [5.41, 5.74) is 6.13. The second-order valence-electron chi connectivity index (χ2n) is 5.95. The van der Waals surface area contributed by atoms with Gasteiger partial charge in [0.05, 0.1) is 17.8 Å². The summed E-state index contributed by atoms with van der Waals surface area (Å²) in [4.78, 5) is 29.3. The highest BCUT2D eigenvalue weighted by Crippen LogP contribution is 2.33. The average molecular weight is 351 g/mol. The minimum absolute atomic E-state index is 0.249. The number of para-hydroxylation sites is 1. The van der Waals surface area contributed by atoms with Gasteiger partial charge in [-0.25, -0.2) is 10.4 Å². The summed E-state index contributed by atoms with van der Waals surface area (Å²) in [6, 6.07) is 11.8. The summed E-state index contributed by atoms with van der Waals surface area (Å²) in [5, 5.41) is 7.00. The zero-order chi connectivity index (χ0) is 18.3. The lowest BCUT2D eigenvalue weighted by Crippen LogP contribution is -2.36. The molecule has 8 heteroatoms. The number of carbonyl (C=O) groups is 2. The Hall–Kier alpha value is -3.42. The molecule has 0 radical (unpaired) electrons. The summed E-state index contributed by atoms with van der Waals surface area (Å²) < 4.78 is 4.75. The van der Waals surface area contributed by atoms with Crippen LogP contribution in [-0.2, 0) is 14.3 Å². The predicted molar refractivity (Wildman–Crippen MR) is 95.0 cm³/mol. The first-order valence-corrected chi connectivity index (χ1v) is 8.29. The number of aryl methyl sites for hydroxylation is 1. The number of aromatic nitrogens is 3. The fourth-order valence-electron chi connectivity index (χ4n) is 2.83. The summed E-state index contributed by atoms with van der Waals surface area (Å²) in [6.45, 7) is 3.98. The molecule has 0 bridgehead atoms. The Morgan fingerprint density at radius 1 is 1.19 bits per heavy atom. The fraction of sp³-hybridized carbons (Fsp3) is 0.222. The molecule has 1 aliphatic heterocycles. The minimum Gasteiger partial charge on any atom is -0.466 e. The Balaban J connectivity index is 1.47. The van der Waals surface area contributed by atoms with E-state index in [0.717, 1.165) is 33.7 Å². The predicted octanol–water partition coefficient (Wildman–Crippen LogP) is 1.97. The molecule has 0 fully saturated rings. The van der Waals surface area contributed by atoms with Crippen molar-refractivity contribution < 1.29 is 14.3 Å². The number of hydrazine groups is 1. The van der Waals surface area contributed by atoms with E-state index >= 15 is 0 Å². The van der Waals surface area contributed by atoms with E-state index in [4.69, 9.17) is 4.74 Å². The summed E-state index contributed by atoms with van der Waals surface area (Å²) in [7, 11) is 0. The van der Waals surface area contributed by atoms with E-state index in [1.807, 2.05) is 43.3 Å². The molecule has 1 aromatic carbocycles. The van der Waals surface area contributed by atoms with E-state index in [-0.39, 0.29) is 13.0 Å². The number of hydrogen-bond donors (Lipinski definition) is 1. The molecule has 0 spiro atoms. The molecule has 1 aliphatic rings. The third-order valence-corrected chi connectivity index (χ3v) is 4.07. The Labute approximate surface area is 149 Å². The van der Waals surface area contributed by atoms with Crippen LogP contribution in [0.3, 0.4) is 0 Å². The van der Waals surface area contributed by atoms with Gasteiger partial charge in [0.1, 0.15) is 12.1 Å². The Morgan fingerprint density at radius 2 is 2.00 bits per heavy atom. The molecule has 3 aromatic rings. The molecule has 0 saturated carbocycles. The van der Waals surface area contributed by atoms with Crippen molar-refractivity contribution >= 4 is 28.6 Å². The van der Waals surface area contributed by atoms with Gasteiger partial charge in [-0.15, -0.1) is 15.0 Å². The van der Waals surface area contributed by atoms with Crippen LogP contribution in [0.1, 0.15) is 18.9 Å². The quantitative estimate of drug-likeness (QED) is 0.429. The SMILES string of the molecule is CCOC(=O)CC(=O)NN1c2cc(-c3cc(C)c4ccccc4n3)nn21. The van der Waals surface area contributed by atoms with E-state index in [9.17, 15) is 9.59 Å². The lowest BCUT2D eigenvalue weighted by molar-refractivity contribution is -0.145. The van der Waals surface area contributed by atoms with Crippen molar-refractivity contribution in [2.45, 2.75) is 20.3 Å². The first-order chi connectivity index (χ1) is 12.6. The molecular formula is C18H17N5O3. The first kappa shape index (κ1) is 16.1. The van der Waals surface area contributed by atoms with Gasteiger partial charge in [-0.3, -0.25) is 9.59 Å². The molecule has 132 valence electrons. The number of amides is 1. The van der Waals surface area contributed by atoms with Crippen LogP contribution < -0.4 is 10.5 Å². The largest absolute Gasteiger partial charge is 0.466 e. The van der Waals surface area contributed by atoms with Gasteiger partial charge in [0.2, 0.25) is 0 Å². The Bertz CT molecular complexity index is 1010. The Morgan fingerprint density at radius 3 is 2.73 bits per heavy atom. The third kappa shape index (κ3) is 2.85. The molecule has 0 atom stereocenters. The van der Waals surface area contributed by atoms with Gasteiger partial charge >= 0.3 is 5.97 Å². The van der Waals surface area contributed by atoms with E-state index in [1.54, 1.807) is 11.7 Å². The van der Waals surface area contributed by atoms with Gasteiger partial charge < -0.3 is 4.74 Å². The lowest BCUT2D eigenvalue weighted by Gasteiger charge is -2.07. The smallest absolute Gasteiger partial charge is 0.315 e. The number of carbonyl (C=O) groups excluding carboxylic acids is 2. The minimum atomic E-state index is -0.555. The van der Waals surface area contributed by atoms with E-state index in [1.165, 1.54) is 5.12 Å². The van der Waals surface area contributed by atoms with Crippen molar-refractivity contribution in [3.63, 3.8) is 0 Å². The number of nitrogens with zero attached hydrogens (tertiary/aromatic N) is 4. The zero-order valence-electron chi connectivity index (χ0n) is 14.4. The van der Waals surface area contributed by atoms with Crippen LogP contribution in [0.25, 0.3) is 22.3 Å². The highest BCUT2D eigenvalue weighted by Gasteiger charge is 2.34. The number of nitrogens with one attached hydrogen (secondary N) is 1. The van der Waals surface area contributed by atoms with Crippen molar-refractivity contribution in [3.05, 3.63) is 42.0 Å². The molecule has 1 N–H and O–H groups in total. The number of fused-ring (bicyclic) bond motifs is 2. The van der Waals surface area contributed by atoms with Gasteiger partial charge in [0, 0.05) is 11.5 Å². The van der Waals surface area contributed by atoms with Crippen molar-refractivity contribution in [1.82, 2.24) is 20.3 Å². The highest BCUT2D eigenvalue weighted by molar-refractivity contribution is 5.95. The molecular weight excluding hydrogens is 334 g/mol. The van der Waals surface area contributed by atoms with Crippen LogP contribution >= 0.6 is 0 Å². The topological polar surface area (TPSA) is 89.1 Å². The standard InChI is InChI=1S/C18H17N5O3/c1-3-26-18(25)10-16(24)21-23-17-9-15(20-22(17)23)14-8-11(2)12-6-4-5-7-13(12)19-14/h4-9H,3,10H2,1-2H3,(H,21,24). The van der Waals surface area contributed by atoms with E-state index < -0.39 is 11.9 Å². The summed E-state index contributed by atoms with van der Waals surface area (Å²) >= 11 is 0. The molecule has 0 unspecified atom stereocenters. The maximum absolute atomic E-state index is 11.8. The lowest BCUT2D eigenvalue weighted by atomic mass is 10.1. The summed E-state index contributed by atoms with van der Waals surface area (Å²) in [5.74, 6) is -0.277. The summed E-state index contributed by atoms with van der Waals surface area (Å²) in [6.07, 6.45) is -0.326. The Kier molecular flexibility index (Phi) is 3.80. The van der Waals surface area contributed by atoms with Crippen molar-refractivity contribution in [2.75, 3.05) is 11.7 Å². The van der Waals surface area contributed by atoms with Crippen LogP contribution in [0.5, 0.6) is 0 Å². The van der Waals surface area contributed by atoms with Crippen LogP contribution in [0.4, 0.5) is 5.82 Å². The molecule has 2 aromatic heterocycles. The van der Waals surface area contributed by atoms with E-state index in [2.05, 4.69) is 15.5 Å². The molecule has 1 amide bonds. The number of rotatable bonds is 5. The van der Waals surface area contributed by atoms with Crippen LogP contribution in [0.2, 0.25) is 0 Å². The van der Waals surface area contributed by atoms with Crippen molar-refractivity contribution in [3.8, 4) is 11.4 Å².